The highest BCUT2D eigenvalue weighted by atomic mass is 15.1. The molecule has 1 aliphatic rings. The van der Waals surface area contributed by atoms with Gasteiger partial charge in [-0.25, -0.2) is 0 Å². The molecule has 1 rings (SSSR count). The molecule has 1 saturated heterocycles. The van der Waals surface area contributed by atoms with Crippen LogP contribution in [0, 0.1) is 17.8 Å². The van der Waals surface area contributed by atoms with Crippen molar-refractivity contribution < 1.29 is 0 Å². The first kappa shape index (κ1) is 13.0. The van der Waals surface area contributed by atoms with Crippen LogP contribution in [0.2, 0.25) is 0 Å². The Morgan fingerprint density at radius 1 is 1.27 bits per heavy atom. The maximum Gasteiger partial charge on any atom is 0.00216 e. The van der Waals surface area contributed by atoms with Gasteiger partial charge in [-0.1, -0.05) is 27.2 Å². The molecule has 1 atom stereocenters. The molecule has 2 heteroatoms. The first-order valence-electron chi connectivity index (χ1n) is 6.59. The fourth-order valence-electron chi connectivity index (χ4n) is 2.54. The minimum Gasteiger partial charge on any atom is -0.330 e. The summed E-state index contributed by atoms with van der Waals surface area (Å²) >= 11 is 0. The summed E-state index contributed by atoms with van der Waals surface area (Å²) in [6.07, 6.45) is 4.00. The van der Waals surface area contributed by atoms with Crippen molar-refractivity contribution in [2.45, 2.75) is 40.0 Å². The van der Waals surface area contributed by atoms with Crippen LogP contribution in [0.25, 0.3) is 0 Å². The number of nitrogens with zero attached hydrogens (tertiary/aromatic N) is 1. The van der Waals surface area contributed by atoms with E-state index in [0.29, 0.717) is 5.92 Å². The molecule has 0 radical (unpaired) electrons. The lowest BCUT2D eigenvalue weighted by Crippen LogP contribution is -2.39. The van der Waals surface area contributed by atoms with E-state index in [-0.39, 0.29) is 0 Å². The molecule has 0 spiro atoms. The molecule has 2 N–H and O–H groups in total. The van der Waals surface area contributed by atoms with Gasteiger partial charge in [0, 0.05) is 6.54 Å². The molecule has 0 aromatic rings. The number of hydrogen-bond donors (Lipinski definition) is 1. The van der Waals surface area contributed by atoms with Crippen LogP contribution in [0.4, 0.5) is 0 Å². The van der Waals surface area contributed by atoms with Gasteiger partial charge in [0.2, 0.25) is 0 Å². The van der Waals surface area contributed by atoms with Crippen molar-refractivity contribution in [3.63, 3.8) is 0 Å². The summed E-state index contributed by atoms with van der Waals surface area (Å²) in [5.74, 6) is 2.53. The van der Waals surface area contributed by atoms with Gasteiger partial charge in [0.15, 0.2) is 0 Å². The maximum atomic E-state index is 5.75. The average molecular weight is 212 g/mol. The van der Waals surface area contributed by atoms with Crippen molar-refractivity contribution in [3.05, 3.63) is 0 Å². The first-order valence-corrected chi connectivity index (χ1v) is 6.59. The Hall–Kier alpha value is -0.0800. The molecule has 0 bridgehead atoms. The number of nitrogens with two attached hydrogens (primary N) is 1. The second-order valence-corrected chi connectivity index (χ2v) is 5.39. The van der Waals surface area contributed by atoms with Crippen LogP contribution < -0.4 is 5.73 Å². The van der Waals surface area contributed by atoms with Crippen molar-refractivity contribution in [2.24, 2.45) is 23.5 Å². The Morgan fingerprint density at radius 3 is 2.27 bits per heavy atom. The molecule has 1 heterocycles. The van der Waals surface area contributed by atoms with Crippen LogP contribution in [-0.4, -0.2) is 31.1 Å². The van der Waals surface area contributed by atoms with E-state index in [1.807, 2.05) is 0 Å². The monoisotopic (exact) mass is 212 g/mol. The van der Waals surface area contributed by atoms with Gasteiger partial charge in [-0.15, -0.1) is 0 Å². The smallest absolute Gasteiger partial charge is 0.00216 e. The SMILES string of the molecule is CCC(CN)CN1CCC(C(C)C)CC1. The highest BCUT2D eigenvalue weighted by Gasteiger charge is 2.22. The molecule has 1 aliphatic heterocycles. The zero-order chi connectivity index (χ0) is 11.3. The Morgan fingerprint density at radius 2 is 1.87 bits per heavy atom. The second kappa shape index (κ2) is 6.49. The van der Waals surface area contributed by atoms with Gasteiger partial charge < -0.3 is 10.6 Å². The highest BCUT2D eigenvalue weighted by molar-refractivity contribution is 4.76. The zero-order valence-electron chi connectivity index (χ0n) is 10.7. The third-order valence-electron chi connectivity index (χ3n) is 4.00. The van der Waals surface area contributed by atoms with Crippen LogP contribution in [-0.2, 0) is 0 Å². The number of rotatable bonds is 5. The van der Waals surface area contributed by atoms with Crippen molar-refractivity contribution >= 4 is 0 Å². The number of likely N-dealkylation sites (tertiary alicyclic amines) is 1. The molecule has 0 aromatic carbocycles. The fraction of sp³-hybridized carbons (Fsp3) is 1.00. The lowest BCUT2D eigenvalue weighted by atomic mass is 9.86. The summed E-state index contributed by atoms with van der Waals surface area (Å²) in [6.45, 7) is 11.6. The third-order valence-corrected chi connectivity index (χ3v) is 4.00. The number of piperidine rings is 1. The molecule has 15 heavy (non-hydrogen) atoms. The first-order chi connectivity index (χ1) is 7.17. The summed E-state index contributed by atoms with van der Waals surface area (Å²) in [6, 6.07) is 0. The highest BCUT2D eigenvalue weighted by Crippen LogP contribution is 2.24. The van der Waals surface area contributed by atoms with E-state index in [9.17, 15) is 0 Å². The maximum absolute atomic E-state index is 5.75. The minimum atomic E-state index is 0.709. The fourth-order valence-corrected chi connectivity index (χ4v) is 2.54. The van der Waals surface area contributed by atoms with Crippen LogP contribution in [0.1, 0.15) is 40.0 Å². The molecule has 0 amide bonds. The van der Waals surface area contributed by atoms with Crippen LogP contribution in [0.15, 0.2) is 0 Å². The van der Waals surface area contributed by atoms with Crippen LogP contribution in [0.5, 0.6) is 0 Å². The second-order valence-electron chi connectivity index (χ2n) is 5.39. The van der Waals surface area contributed by atoms with Gasteiger partial charge in [-0.2, -0.15) is 0 Å². The predicted molar refractivity (Wildman–Crippen MR) is 66.8 cm³/mol. The summed E-state index contributed by atoms with van der Waals surface area (Å²) in [7, 11) is 0. The van der Waals surface area contributed by atoms with Crippen LogP contribution >= 0.6 is 0 Å². The molecule has 90 valence electrons. The minimum absolute atomic E-state index is 0.709. The van der Waals surface area contributed by atoms with Gasteiger partial charge in [-0.05, 0) is 50.2 Å². The predicted octanol–water partition coefficient (Wildman–Crippen LogP) is 2.34. The largest absolute Gasteiger partial charge is 0.330 e. The molecule has 1 fully saturated rings. The molecular weight excluding hydrogens is 184 g/mol. The van der Waals surface area contributed by atoms with Crippen molar-refractivity contribution in [1.82, 2.24) is 4.90 Å². The summed E-state index contributed by atoms with van der Waals surface area (Å²) < 4.78 is 0. The molecule has 0 aliphatic carbocycles. The van der Waals surface area contributed by atoms with E-state index < -0.39 is 0 Å². The van der Waals surface area contributed by atoms with E-state index in [1.165, 1.54) is 38.9 Å². The summed E-state index contributed by atoms with van der Waals surface area (Å²) in [4.78, 5) is 2.61. The third kappa shape index (κ3) is 4.12. The molecule has 1 unspecified atom stereocenters. The normalized spacial score (nSPS) is 22.2. The van der Waals surface area contributed by atoms with Gasteiger partial charge in [-0.3, -0.25) is 0 Å². The van der Waals surface area contributed by atoms with Crippen LogP contribution in [0.3, 0.4) is 0 Å². The summed E-state index contributed by atoms with van der Waals surface area (Å²) in [5.41, 5.74) is 5.75. The van der Waals surface area contributed by atoms with E-state index in [2.05, 4.69) is 25.7 Å². The van der Waals surface area contributed by atoms with Gasteiger partial charge in [0.05, 0.1) is 0 Å². The Labute approximate surface area is 95.2 Å². The standard InChI is InChI=1S/C13H28N2/c1-4-12(9-14)10-15-7-5-13(6-8-15)11(2)3/h11-13H,4-10,14H2,1-3H3. The van der Waals surface area contributed by atoms with Gasteiger partial charge in [0.25, 0.3) is 0 Å². The summed E-state index contributed by atoms with van der Waals surface area (Å²) in [5, 5.41) is 0. The van der Waals surface area contributed by atoms with Crippen molar-refractivity contribution in [3.8, 4) is 0 Å². The van der Waals surface area contributed by atoms with Gasteiger partial charge in [0.1, 0.15) is 0 Å². The average Bonchev–Trinajstić information content (AvgIpc) is 2.26. The van der Waals surface area contributed by atoms with E-state index in [4.69, 9.17) is 5.73 Å². The lowest BCUT2D eigenvalue weighted by Gasteiger charge is -2.35. The molecule has 0 saturated carbocycles. The van der Waals surface area contributed by atoms with E-state index in [1.54, 1.807) is 0 Å². The van der Waals surface area contributed by atoms with E-state index in [0.717, 1.165) is 18.4 Å². The van der Waals surface area contributed by atoms with Crippen molar-refractivity contribution in [1.29, 1.82) is 0 Å². The Balaban J connectivity index is 2.25. The lowest BCUT2D eigenvalue weighted by molar-refractivity contribution is 0.139. The quantitative estimate of drug-likeness (QED) is 0.758. The molecule has 2 nitrogen and oxygen atoms in total. The Kier molecular flexibility index (Phi) is 5.62. The van der Waals surface area contributed by atoms with Gasteiger partial charge >= 0.3 is 0 Å². The zero-order valence-corrected chi connectivity index (χ0v) is 10.7. The topological polar surface area (TPSA) is 29.3 Å². The number of hydrogen-bond acceptors (Lipinski definition) is 2. The Bertz CT molecular complexity index is 156. The molecular formula is C13H28N2. The van der Waals surface area contributed by atoms with Crippen molar-refractivity contribution in [2.75, 3.05) is 26.2 Å². The van der Waals surface area contributed by atoms with E-state index >= 15 is 0 Å². The molecule has 0 aromatic heterocycles.